The van der Waals surface area contributed by atoms with Gasteiger partial charge in [0.2, 0.25) is 0 Å². The standard InChI is InChI=1S/C13H18N2O2/c1-10-3-2-4-12(9-10)14-13(16)11-5-7-15(17)8-6-11/h5-8,10,12H,2-4,9H2,1H3,(H,14,16). The van der Waals surface area contributed by atoms with Crippen molar-refractivity contribution in [3.8, 4) is 0 Å². The Bertz CT molecular complexity index is 389. The van der Waals surface area contributed by atoms with Crippen LogP contribution >= 0.6 is 0 Å². The molecule has 1 aliphatic carbocycles. The number of carbonyl (C=O) groups is 1. The van der Waals surface area contributed by atoms with Gasteiger partial charge < -0.3 is 10.5 Å². The zero-order valence-corrected chi connectivity index (χ0v) is 10.1. The van der Waals surface area contributed by atoms with Crippen LogP contribution in [0, 0.1) is 11.1 Å². The van der Waals surface area contributed by atoms with Gasteiger partial charge in [-0.1, -0.05) is 19.8 Å². The lowest BCUT2D eigenvalue weighted by Crippen LogP contribution is -2.38. The van der Waals surface area contributed by atoms with Crippen molar-refractivity contribution in [1.82, 2.24) is 5.32 Å². The van der Waals surface area contributed by atoms with Gasteiger partial charge in [0.25, 0.3) is 5.91 Å². The van der Waals surface area contributed by atoms with Gasteiger partial charge in [0, 0.05) is 18.2 Å². The highest BCUT2D eigenvalue weighted by atomic mass is 16.5. The van der Waals surface area contributed by atoms with Crippen LogP contribution in [0.2, 0.25) is 0 Å². The van der Waals surface area contributed by atoms with E-state index in [2.05, 4.69) is 12.2 Å². The molecule has 2 atom stereocenters. The molecule has 1 aromatic rings. The van der Waals surface area contributed by atoms with Crippen LogP contribution < -0.4 is 10.0 Å². The van der Waals surface area contributed by atoms with E-state index in [0.717, 1.165) is 12.8 Å². The van der Waals surface area contributed by atoms with Crippen LogP contribution in [0.1, 0.15) is 43.0 Å². The fourth-order valence-electron chi connectivity index (χ4n) is 2.40. The highest BCUT2D eigenvalue weighted by Crippen LogP contribution is 2.23. The summed E-state index contributed by atoms with van der Waals surface area (Å²) in [6.07, 6.45) is 7.25. The van der Waals surface area contributed by atoms with Gasteiger partial charge >= 0.3 is 0 Å². The topological polar surface area (TPSA) is 56.0 Å². The Morgan fingerprint density at radius 3 is 2.76 bits per heavy atom. The lowest BCUT2D eigenvalue weighted by molar-refractivity contribution is -0.605. The SMILES string of the molecule is CC1CCCC(NC(=O)c2cc[n+]([O-])cc2)C1. The van der Waals surface area contributed by atoms with Crippen LogP contribution in [0.3, 0.4) is 0 Å². The molecule has 0 bridgehead atoms. The molecule has 2 unspecified atom stereocenters. The summed E-state index contributed by atoms with van der Waals surface area (Å²) in [7, 11) is 0. The molecule has 0 saturated heterocycles. The van der Waals surface area contributed by atoms with Gasteiger partial charge in [-0.3, -0.25) is 4.79 Å². The number of nitrogens with one attached hydrogen (secondary N) is 1. The maximum absolute atomic E-state index is 11.9. The zero-order valence-electron chi connectivity index (χ0n) is 10.1. The van der Waals surface area contributed by atoms with Crippen LogP contribution in [0.5, 0.6) is 0 Å². The van der Waals surface area contributed by atoms with E-state index in [1.807, 2.05) is 0 Å². The van der Waals surface area contributed by atoms with Crippen molar-refractivity contribution in [3.05, 3.63) is 35.3 Å². The maximum Gasteiger partial charge on any atom is 0.251 e. The molecule has 0 radical (unpaired) electrons. The molecule has 2 rings (SSSR count). The van der Waals surface area contributed by atoms with Crippen molar-refractivity contribution in [3.63, 3.8) is 0 Å². The molecule has 1 aromatic heterocycles. The van der Waals surface area contributed by atoms with Gasteiger partial charge in [-0.2, -0.15) is 4.73 Å². The lowest BCUT2D eigenvalue weighted by atomic mass is 9.87. The number of rotatable bonds is 2. The molecule has 0 aromatic carbocycles. The van der Waals surface area contributed by atoms with E-state index in [-0.39, 0.29) is 11.9 Å². The number of nitrogens with zero attached hydrogens (tertiary/aromatic N) is 1. The van der Waals surface area contributed by atoms with Gasteiger partial charge in [-0.05, 0) is 18.8 Å². The minimum Gasteiger partial charge on any atom is -0.619 e. The molecule has 4 nitrogen and oxygen atoms in total. The summed E-state index contributed by atoms with van der Waals surface area (Å²) in [5.41, 5.74) is 0.551. The molecule has 1 N–H and O–H groups in total. The normalized spacial score (nSPS) is 24.3. The second-order valence-electron chi connectivity index (χ2n) is 4.89. The summed E-state index contributed by atoms with van der Waals surface area (Å²) in [5.74, 6) is 0.610. The summed E-state index contributed by atoms with van der Waals surface area (Å²) in [4.78, 5) is 11.9. The number of amides is 1. The first kappa shape index (κ1) is 11.9. The van der Waals surface area contributed by atoms with Crippen molar-refractivity contribution in [1.29, 1.82) is 0 Å². The first-order valence-corrected chi connectivity index (χ1v) is 6.15. The molecule has 1 saturated carbocycles. The molecular weight excluding hydrogens is 216 g/mol. The molecule has 92 valence electrons. The first-order chi connectivity index (χ1) is 8.15. The van der Waals surface area contributed by atoms with E-state index < -0.39 is 0 Å². The Morgan fingerprint density at radius 2 is 2.12 bits per heavy atom. The van der Waals surface area contributed by atoms with Gasteiger partial charge in [-0.25, -0.2) is 0 Å². The Hall–Kier alpha value is -1.58. The van der Waals surface area contributed by atoms with Crippen LogP contribution in [0.4, 0.5) is 0 Å². The number of carbonyl (C=O) groups excluding carboxylic acids is 1. The molecule has 17 heavy (non-hydrogen) atoms. The minimum atomic E-state index is -0.0790. The van der Waals surface area contributed by atoms with E-state index >= 15 is 0 Å². The smallest absolute Gasteiger partial charge is 0.251 e. The summed E-state index contributed by atoms with van der Waals surface area (Å²) in [5, 5.41) is 13.9. The van der Waals surface area contributed by atoms with Crippen LogP contribution in [0.15, 0.2) is 24.5 Å². The minimum absolute atomic E-state index is 0.0790. The van der Waals surface area contributed by atoms with Gasteiger partial charge in [0.15, 0.2) is 12.4 Å². The van der Waals surface area contributed by atoms with Crippen LogP contribution in [-0.2, 0) is 0 Å². The third-order valence-corrected chi connectivity index (χ3v) is 3.34. The molecule has 1 heterocycles. The summed E-state index contributed by atoms with van der Waals surface area (Å²) in [6, 6.07) is 3.38. The Kier molecular flexibility index (Phi) is 3.61. The average Bonchev–Trinajstić information content (AvgIpc) is 2.29. The number of hydrogen-bond acceptors (Lipinski definition) is 2. The van der Waals surface area contributed by atoms with Crippen LogP contribution in [-0.4, -0.2) is 11.9 Å². The van der Waals surface area contributed by atoms with Gasteiger partial charge in [0.1, 0.15) is 0 Å². The fourth-order valence-corrected chi connectivity index (χ4v) is 2.40. The molecule has 0 spiro atoms. The molecule has 0 aliphatic heterocycles. The quantitative estimate of drug-likeness (QED) is 0.624. The first-order valence-electron chi connectivity index (χ1n) is 6.15. The summed E-state index contributed by atoms with van der Waals surface area (Å²) >= 11 is 0. The third-order valence-electron chi connectivity index (χ3n) is 3.34. The Labute approximate surface area is 101 Å². The monoisotopic (exact) mass is 234 g/mol. The maximum atomic E-state index is 11.9. The average molecular weight is 234 g/mol. The number of aromatic nitrogens is 1. The van der Waals surface area contributed by atoms with Crippen molar-refractivity contribution < 1.29 is 9.52 Å². The molecular formula is C13H18N2O2. The predicted octanol–water partition coefficient (Wildman–Crippen LogP) is 1.63. The van der Waals surface area contributed by atoms with E-state index in [1.165, 1.54) is 25.2 Å². The van der Waals surface area contributed by atoms with E-state index in [4.69, 9.17) is 0 Å². The Balaban J connectivity index is 1.94. The fraction of sp³-hybridized carbons (Fsp3) is 0.538. The van der Waals surface area contributed by atoms with Gasteiger partial charge in [-0.15, -0.1) is 0 Å². The second-order valence-corrected chi connectivity index (χ2v) is 4.89. The Morgan fingerprint density at radius 1 is 1.41 bits per heavy atom. The van der Waals surface area contributed by atoms with E-state index in [1.54, 1.807) is 12.1 Å². The number of hydrogen-bond donors (Lipinski definition) is 1. The van der Waals surface area contributed by atoms with Crippen molar-refractivity contribution >= 4 is 5.91 Å². The zero-order chi connectivity index (χ0) is 12.3. The second kappa shape index (κ2) is 5.17. The highest BCUT2D eigenvalue weighted by Gasteiger charge is 2.20. The highest BCUT2D eigenvalue weighted by molar-refractivity contribution is 5.94. The summed E-state index contributed by atoms with van der Waals surface area (Å²) in [6.45, 7) is 2.22. The lowest BCUT2D eigenvalue weighted by Gasteiger charge is -2.27. The van der Waals surface area contributed by atoms with Crippen molar-refractivity contribution in [2.45, 2.75) is 38.6 Å². The number of pyridine rings is 1. The van der Waals surface area contributed by atoms with Crippen molar-refractivity contribution in [2.24, 2.45) is 5.92 Å². The molecule has 1 aliphatic rings. The molecule has 1 fully saturated rings. The van der Waals surface area contributed by atoms with Crippen molar-refractivity contribution in [2.75, 3.05) is 0 Å². The van der Waals surface area contributed by atoms with Crippen LogP contribution in [0.25, 0.3) is 0 Å². The van der Waals surface area contributed by atoms with E-state index in [9.17, 15) is 10.0 Å². The summed E-state index contributed by atoms with van der Waals surface area (Å²) < 4.78 is 0.680. The van der Waals surface area contributed by atoms with Gasteiger partial charge in [0.05, 0.1) is 5.56 Å². The predicted molar refractivity (Wildman–Crippen MR) is 64.3 cm³/mol. The largest absolute Gasteiger partial charge is 0.619 e. The molecule has 4 heteroatoms. The third kappa shape index (κ3) is 3.19. The molecule has 1 amide bonds. The van der Waals surface area contributed by atoms with E-state index in [0.29, 0.717) is 16.2 Å².